The molecule has 0 saturated heterocycles. The maximum absolute atomic E-state index is 13.7. The van der Waals surface area contributed by atoms with Gasteiger partial charge in [0.2, 0.25) is 0 Å². The van der Waals surface area contributed by atoms with Crippen LogP contribution in [-0.2, 0) is 0 Å². The van der Waals surface area contributed by atoms with Crippen molar-refractivity contribution in [2.75, 3.05) is 7.11 Å². The molecule has 0 fully saturated rings. The topological polar surface area (TPSA) is 47.3 Å². The van der Waals surface area contributed by atoms with E-state index >= 15 is 0 Å². The molecular formula is C12H13FN2OS. The van der Waals surface area contributed by atoms with Crippen LogP contribution in [-0.4, -0.2) is 7.11 Å². The Morgan fingerprint density at radius 2 is 2.18 bits per heavy atom. The second-order valence-corrected chi connectivity index (χ2v) is 4.45. The number of ether oxygens (including phenoxy) is 1. The molecule has 0 saturated carbocycles. The van der Waals surface area contributed by atoms with Crippen molar-refractivity contribution in [1.82, 2.24) is 5.43 Å². The Morgan fingerprint density at radius 3 is 2.76 bits per heavy atom. The SMILES string of the molecule is COc1csc(C(NN)c2ccccc2F)c1. The van der Waals surface area contributed by atoms with Crippen molar-refractivity contribution in [3.63, 3.8) is 0 Å². The van der Waals surface area contributed by atoms with Crippen LogP contribution < -0.4 is 16.0 Å². The van der Waals surface area contributed by atoms with Crippen molar-refractivity contribution in [2.24, 2.45) is 5.84 Å². The maximum Gasteiger partial charge on any atom is 0.129 e. The summed E-state index contributed by atoms with van der Waals surface area (Å²) in [5.41, 5.74) is 3.16. The van der Waals surface area contributed by atoms with Gasteiger partial charge in [-0.15, -0.1) is 11.3 Å². The van der Waals surface area contributed by atoms with Crippen LogP contribution in [0.4, 0.5) is 4.39 Å². The lowest BCUT2D eigenvalue weighted by atomic mass is 10.1. The monoisotopic (exact) mass is 252 g/mol. The summed E-state index contributed by atoms with van der Waals surface area (Å²) in [5.74, 6) is 5.98. The summed E-state index contributed by atoms with van der Waals surface area (Å²) in [6.45, 7) is 0. The fourth-order valence-electron chi connectivity index (χ4n) is 1.63. The third kappa shape index (κ3) is 2.46. The zero-order chi connectivity index (χ0) is 12.3. The molecule has 3 N–H and O–H groups in total. The summed E-state index contributed by atoms with van der Waals surface area (Å²) in [6.07, 6.45) is 0. The van der Waals surface area contributed by atoms with Crippen LogP contribution in [0.25, 0.3) is 0 Å². The van der Waals surface area contributed by atoms with Crippen LogP contribution in [0.15, 0.2) is 35.7 Å². The van der Waals surface area contributed by atoms with Gasteiger partial charge < -0.3 is 4.74 Å². The molecule has 5 heteroatoms. The number of nitrogens with one attached hydrogen (secondary N) is 1. The highest BCUT2D eigenvalue weighted by Gasteiger charge is 2.18. The Morgan fingerprint density at radius 1 is 1.41 bits per heavy atom. The van der Waals surface area contributed by atoms with E-state index in [1.807, 2.05) is 11.4 Å². The Labute approximate surface area is 103 Å². The number of thiophene rings is 1. The first kappa shape index (κ1) is 12.0. The fraction of sp³-hybridized carbons (Fsp3) is 0.167. The number of methoxy groups -OCH3 is 1. The minimum Gasteiger partial charge on any atom is -0.496 e. The summed E-state index contributed by atoms with van der Waals surface area (Å²) in [5, 5.41) is 1.86. The van der Waals surface area contributed by atoms with Crippen molar-refractivity contribution in [3.05, 3.63) is 52.0 Å². The van der Waals surface area contributed by atoms with E-state index < -0.39 is 0 Å². The number of halogens is 1. The minimum atomic E-state index is -0.356. The van der Waals surface area contributed by atoms with E-state index in [-0.39, 0.29) is 11.9 Å². The van der Waals surface area contributed by atoms with E-state index in [0.29, 0.717) is 5.56 Å². The van der Waals surface area contributed by atoms with Crippen molar-refractivity contribution in [3.8, 4) is 5.75 Å². The van der Waals surface area contributed by atoms with Gasteiger partial charge in [-0.1, -0.05) is 18.2 Å². The second-order valence-electron chi connectivity index (χ2n) is 3.51. The van der Waals surface area contributed by atoms with Crippen molar-refractivity contribution in [2.45, 2.75) is 6.04 Å². The first-order valence-corrected chi connectivity index (χ1v) is 5.97. The standard InChI is InChI=1S/C12H13FN2OS/c1-16-8-6-11(17-7-8)12(15-14)9-4-2-3-5-10(9)13/h2-7,12,15H,14H2,1H3. The van der Waals surface area contributed by atoms with Gasteiger partial charge in [0.15, 0.2) is 0 Å². The number of nitrogens with two attached hydrogens (primary N) is 1. The molecule has 90 valence electrons. The number of rotatable bonds is 4. The summed E-state index contributed by atoms with van der Waals surface area (Å²) in [7, 11) is 1.60. The number of benzene rings is 1. The Balaban J connectivity index is 2.36. The molecule has 1 aromatic carbocycles. The van der Waals surface area contributed by atoms with E-state index in [1.54, 1.807) is 25.3 Å². The molecule has 0 radical (unpaired) electrons. The summed E-state index contributed by atoms with van der Waals surface area (Å²) < 4.78 is 18.8. The van der Waals surface area contributed by atoms with Crippen molar-refractivity contribution >= 4 is 11.3 Å². The van der Waals surface area contributed by atoms with E-state index in [9.17, 15) is 4.39 Å². The van der Waals surface area contributed by atoms with Crippen molar-refractivity contribution < 1.29 is 9.13 Å². The van der Waals surface area contributed by atoms with Gasteiger partial charge in [-0.05, 0) is 12.1 Å². The Bertz CT molecular complexity index is 501. The molecule has 1 heterocycles. The first-order valence-electron chi connectivity index (χ1n) is 5.09. The molecule has 3 nitrogen and oxygen atoms in total. The largest absolute Gasteiger partial charge is 0.496 e. The molecule has 1 unspecified atom stereocenters. The highest BCUT2D eigenvalue weighted by atomic mass is 32.1. The Kier molecular flexibility index (Phi) is 3.73. The molecule has 1 aromatic heterocycles. The van der Waals surface area contributed by atoms with Gasteiger partial charge in [0.25, 0.3) is 0 Å². The summed E-state index contributed by atoms with van der Waals surface area (Å²) in [4.78, 5) is 0.912. The smallest absolute Gasteiger partial charge is 0.129 e. The fourth-order valence-corrected chi connectivity index (χ4v) is 2.56. The van der Waals surface area contributed by atoms with Crippen LogP contribution in [0.3, 0.4) is 0 Å². The highest BCUT2D eigenvalue weighted by Crippen LogP contribution is 2.31. The molecule has 0 aliphatic heterocycles. The normalized spacial score (nSPS) is 12.4. The summed E-state index contributed by atoms with van der Waals surface area (Å²) in [6, 6.07) is 8.07. The minimum absolute atomic E-state index is 0.275. The van der Waals surface area contributed by atoms with Gasteiger partial charge in [0.05, 0.1) is 13.2 Å². The van der Waals surface area contributed by atoms with Crippen molar-refractivity contribution in [1.29, 1.82) is 0 Å². The van der Waals surface area contributed by atoms with Crippen LogP contribution in [0.1, 0.15) is 16.5 Å². The van der Waals surface area contributed by atoms with Gasteiger partial charge >= 0.3 is 0 Å². The highest BCUT2D eigenvalue weighted by molar-refractivity contribution is 7.10. The van der Waals surface area contributed by atoms with Crippen LogP contribution >= 0.6 is 11.3 Å². The molecule has 0 spiro atoms. The average Bonchev–Trinajstić information content (AvgIpc) is 2.81. The average molecular weight is 252 g/mol. The zero-order valence-electron chi connectivity index (χ0n) is 9.31. The van der Waals surface area contributed by atoms with E-state index in [2.05, 4.69) is 5.43 Å². The maximum atomic E-state index is 13.7. The van der Waals surface area contributed by atoms with E-state index in [0.717, 1.165) is 10.6 Å². The molecular weight excluding hydrogens is 239 g/mol. The molecule has 0 aliphatic rings. The molecule has 0 aliphatic carbocycles. The lowest BCUT2D eigenvalue weighted by Crippen LogP contribution is -2.28. The van der Waals surface area contributed by atoms with Gasteiger partial charge in [0.1, 0.15) is 11.6 Å². The molecule has 1 atom stereocenters. The number of hydrogen-bond acceptors (Lipinski definition) is 4. The van der Waals surface area contributed by atoms with Gasteiger partial charge in [-0.3, -0.25) is 5.84 Å². The van der Waals surface area contributed by atoms with Gasteiger partial charge in [-0.2, -0.15) is 0 Å². The predicted molar refractivity (Wildman–Crippen MR) is 66.4 cm³/mol. The molecule has 0 bridgehead atoms. The lowest BCUT2D eigenvalue weighted by molar-refractivity contribution is 0.416. The third-order valence-electron chi connectivity index (χ3n) is 2.50. The lowest BCUT2D eigenvalue weighted by Gasteiger charge is -2.15. The number of hydrazine groups is 1. The van der Waals surface area contributed by atoms with E-state index in [4.69, 9.17) is 10.6 Å². The van der Waals surface area contributed by atoms with Gasteiger partial charge in [0, 0.05) is 15.8 Å². The van der Waals surface area contributed by atoms with Crippen LogP contribution in [0.2, 0.25) is 0 Å². The zero-order valence-corrected chi connectivity index (χ0v) is 10.1. The first-order chi connectivity index (χ1) is 8.26. The number of hydrogen-bond donors (Lipinski definition) is 2. The molecule has 0 amide bonds. The quantitative estimate of drug-likeness (QED) is 0.649. The Hall–Kier alpha value is -1.43. The van der Waals surface area contributed by atoms with Crippen LogP contribution in [0.5, 0.6) is 5.75 Å². The molecule has 2 aromatic rings. The summed E-state index contributed by atoms with van der Waals surface area (Å²) >= 11 is 1.48. The van der Waals surface area contributed by atoms with Crippen LogP contribution in [0, 0.1) is 5.82 Å². The van der Waals surface area contributed by atoms with Gasteiger partial charge in [-0.25, -0.2) is 9.82 Å². The molecule has 2 rings (SSSR count). The predicted octanol–water partition coefficient (Wildman–Crippen LogP) is 2.45. The third-order valence-corrected chi connectivity index (χ3v) is 3.47. The molecule has 17 heavy (non-hydrogen) atoms. The van der Waals surface area contributed by atoms with E-state index in [1.165, 1.54) is 17.4 Å². The second kappa shape index (κ2) is 5.27.